The minimum atomic E-state index is -0.278. The van der Waals surface area contributed by atoms with Crippen molar-refractivity contribution in [3.63, 3.8) is 0 Å². The van der Waals surface area contributed by atoms with Crippen LogP contribution in [-0.4, -0.2) is 113 Å². The number of hydrogen-bond donors (Lipinski definition) is 3. The number of hydrogen-bond acceptors (Lipinski definition) is 11. The summed E-state index contributed by atoms with van der Waals surface area (Å²) in [6.45, 7) is 19.4. The third-order valence-corrected chi connectivity index (χ3v) is 5.37. The van der Waals surface area contributed by atoms with E-state index < -0.39 is 0 Å². The molecule has 51 heavy (non-hydrogen) atoms. The molecular formula is C38H75K2O11+. The van der Waals surface area contributed by atoms with Crippen molar-refractivity contribution in [1.29, 1.82) is 0 Å². The van der Waals surface area contributed by atoms with Crippen LogP contribution in [0.2, 0.25) is 0 Å². The molecule has 0 unspecified atom stereocenters. The summed E-state index contributed by atoms with van der Waals surface area (Å²) in [7, 11) is 0. The Balaban J connectivity index is -0.0000000955. The molecule has 1 aliphatic heterocycles. The maximum Gasteiger partial charge on any atom is 1.00 e. The number of ether oxygens (including phenoxy) is 8. The molecule has 0 aromatic heterocycles. The van der Waals surface area contributed by atoms with Gasteiger partial charge >= 0.3 is 103 Å². The maximum absolute atomic E-state index is 8.53. The van der Waals surface area contributed by atoms with E-state index in [1.807, 2.05) is 41.5 Å². The summed E-state index contributed by atoms with van der Waals surface area (Å²) in [6.07, 6.45) is 1.03. The first-order chi connectivity index (χ1) is 22.5. The first-order valence-corrected chi connectivity index (χ1v) is 16.5. The molecule has 0 saturated carbocycles. The summed E-state index contributed by atoms with van der Waals surface area (Å²) in [5, 5.41) is 28.0. The van der Waals surface area contributed by atoms with Crippen molar-refractivity contribution < 1.29 is 156 Å². The van der Waals surface area contributed by atoms with Crippen LogP contribution in [0.25, 0.3) is 10.8 Å². The fourth-order valence-electron chi connectivity index (χ4n) is 3.40. The molecule has 1 aliphatic rings. The number of fused-ring (bicyclic) bond motifs is 1. The molecule has 0 aliphatic carbocycles. The van der Waals surface area contributed by atoms with Crippen LogP contribution in [0, 0.1) is 6.61 Å². The van der Waals surface area contributed by atoms with Gasteiger partial charge in [0.1, 0.15) is 6.29 Å². The average Bonchev–Trinajstić information content (AvgIpc) is 3.96. The van der Waals surface area contributed by atoms with Gasteiger partial charge in [-0.1, -0.05) is 70.8 Å². The normalized spacial score (nSPS) is 10.4. The van der Waals surface area contributed by atoms with Crippen molar-refractivity contribution in [2.24, 2.45) is 0 Å². The third kappa shape index (κ3) is 49.5. The van der Waals surface area contributed by atoms with E-state index in [-0.39, 0.29) is 157 Å². The summed E-state index contributed by atoms with van der Waals surface area (Å²) in [5.41, 5.74) is 0. The molecule has 0 radical (unpaired) electrons. The smallest absolute Gasteiger partial charge is 0.566 e. The van der Waals surface area contributed by atoms with Gasteiger partial charge in [-0.25, -0.2) is 6.61 Å². The second kappa shape index (κ2) is 55.9. The van der Waals surface area contributed by atoms with Crippen molar-refractivity contribution in [3.05, 3.63) is 55.1 Å². The summed E-state index contributed by atoms with van der Waals surface area (Å²) >= 11 is 0. The van der Waals surface area contributed by atoms with Crippen molar-refractivity contribution >= 4 is 10.8 Å². The van der Waals surface area contributed by atoms with Gasteiger partial charge in [0.25, 0.3) is 0 Å². The second-order valence-corrected chi connectivity index (χ2v) is 9.04. The van der Waals surface area contributed by atoms with Crippen LogP contribution in [0.4, 0.5) is 0 Å². The van der Waals surface area contributed by atoms with Crippen molar-refractivity contribution in [2.45, 2.75) is 102 Å². The van der Waals surface area contributed by atoms with Crippen molar-refractivity contribution in [3.8, 4) is 0 Å². The maximum atomic E-state index is 8.53. The van der Waals surface area contributed by atoms with Gasteiger partial charge in [0.15, 0.2) is 12.6 Å². The van der Waals surface area contributed by atoms with E-state index in [4.69, 9.17) is 48.5 Å². The van der Waals surface area contributed by atoms with E-state index in [1.165, 1.54) is 10.8 Å². The molecule has 2 aromatic carbocycles. The molecule has 0 bridgehead atoms. The molecule has 0 amide bonds. The van der Waals surface area contributed by atoms with Crippen LogP contribution >= 0.6 is 0 Å². The SMILES string of the molecule is C.C.C.C1CO1.CCOC(CCO)OCC.CCOC(CCOCCO)OCC.CCOC(C[CH-]O)OCC.[K+].[K+].c1ccc2ccccc2c1. The van der Waals surface area contributed by atoms with Gasteiger partial charge < -0.3 is 53.2 Å². The van der Waals surface area contributed by atoms with E-state index in [9.17, 15) is 0 Å². The van der Waals surface area contributed by atoms with Crippen LogP contribution in [0.5, 0.6) is 0 Å². The summed E-state index contributed by atoms with van der Waals surface area (Å²) in [5.74, 6) is 0. The van der Waals surface area contributed by atoms with Gasteiger partial charge in [0.2, 0.25) is 0 Å². The molecule has 3 N–H and O–H groups in total. The quantitative estimate of drug-likeness (QED) is 0.0561. The minimum Gasteiger partial charge on any atom is -0.566 e. The number of benzene rings is 2. The standard InChI is InChI=1S/C10H8.C9H20O4.C7H16O3.C7H15O3.C2H4O.3CH4.2K/c1-2-6-10-8-4-3-7-9(10)5-1;1-3-12-9(13-4-2)5-7-11-8-6-10;2*1-3-9-7(5-6-8)10-4-2;1-2-3-1;;;;;/h1-8H;9-10H,3-8H2,1-2H3;7-8H,3-6H2,1-2H3;6-8H,3-5H2,1-2H3;1-2H2;3*1H4;;/q;;;-1;;;;;2*+1. The molecular weight excluding hydrogens is 711 g/mol. The fourth-order valence-corrected chi connectivity index (χ4v) is 3.40. The molecule has 1 saturated heterocycles. The zero-order chi connectivity index (χ0) is 34.5. The summed E-state index contributed by atoms with van der Waals surface area (Å²) in [6, 6.07) is 16.7. The molecule has 13 heteroatoms. The summed E-state index contributed by atoms with van der Waals surface area (Å²) < 4.78 is 40.7. The Bertz CT molecular complexity index is 734. The average molecular weight is 786 g/mol. The number of epoxide rings is 1. The Morgan fingerprint density at radius 3 is 1.18 bits per heavy atom. The van der Waals surface area contributed by atoms with Crippen molar-refractivity contribution in [1.82, 2.24) is 0 Å². The molecule has 2 aromatic rings. The third-order valence-electron chi connectivity index (χ3n) is 5.37. The number of aliphatic hydroxyl groups excluding tert-OH is 3. The van der Waals surface area contributed by atoms with E-state index in [0.717, 1.165) is 19.8 Å². The van der Waals surface area contributed by atoms with E-state index in [2.05, 4.69) is 53.3 Å². The largest absolute Gasteiger partial charge is 1.00 e. The van der Waals surface area contributed by atoms with Gasteiger partial charge in [-0.05, 0) is 52.3 Å². The zero-order valence-corrected chi connectivity index (χ0v) is 37.4. The first kappa shape index (κ1) is 67.3. The van der Waals surface area contributed by atoms with Gasteiger partial charge in [0.05, 0.1) is 33.0 Å². The molecule has 294 valence electrons. The first-order valence-electron chi connectivity index (χ1n) is 16.5. The van der Waals surface area contributed by atoms with Gasteiger partial charge in [0, 0.05) is 59.1 Å². The molecule has 1 fully saturated rings. The molecule has 11 nitrogen and oxygen atoms in total. The van der Waals surface area contributed by atoms with E-state index in [0.29, 0.717) is 72.1 Å². The minimum absolute atomic E-state index is 0. The Hall–Kier alpha value is 1.53. The monoisotopic (exact) mass is 785 g/mol. The predicted octanol–water partition coefficient (Wildman–Crippen LogP) is 1.63. The Kier molecular flexibility index (Phi) is 73.7. The van der Waals surface area contributed by atoms with E-state index in [1.54, 1.807) is 0 Å². The number of aliphatic hydroxyl groups is 3. The van der Waals surface area contributed by atoms with Crippen LogP contribution in [0.15, 0.2) is 48.5 Å². The van der Waals surface area contributed by atoms with Crippen LogP contribution in [-0.2, 0) is 37.9 Å². The zero-order valence-electron chi connectivity index (χ0n) is 31.1. The van der Waals surface area contributed by atoms with E-state index >= 15 is 0 Å². The fraction of sp³-hybridized carbons (Fsp3) is 0.711. The van der Waals surface area contributed by atoms with Crippen LogP contribution in [0.1, 0.15) is 83.1 Å². The van der Waals surface area contributed by atoms with Gasteiger partial charge in [-0.2, -0.15) is 0 Å². The van der Waals surface area contributed by atoms with Crippen LogP contribution in [0.3, 0.4) is 0 Å². The Morgan fingerprint density at radius 1 is 0.569 bits per heavy atom. The van der Waals surface area contributed by atoms with Crippen molar-refractivity contribution in [2.75, 3.05) is 79.3 Å². The number of rotatable bonds is 21. The summed E-state index contributed by atoms with van der Waals surface area (Å²) in [4.78, 5) is 0. The van der Waals surface area contributed by atoms with Gasteiger partial charge in [-0.3, -0.25) is 0 Å². The van der Waals surface area contributed by atoms with Crippen LogP contribution < -0.4 is 103 Å². The predicted molar refractivity (Wildman–Crippen MR) is 201 cm³/mol. The topological polar surface area (TPSA) is 138 Å². The second-order valence-electron chi connectivity index (χ2n) is 9.04. The molecule has 1 heterocycles. The Morgan fingerprint density at radius 2 is 0.902 bits per heavy atom. The molecule has 3 rings (SSSR count). The Labute approximate surface area is 398 Å². The van der Waals surface area contributed by atoms with Gasteiger partial charge in [-0.15, -0.1) is 6.42 Å². The molecule has 0 spiro atoms. The molecule has 0 atom stereocenters.